The van der Waals surface area contributed by atoms with Crippen molar-refractivity contribution in [3.63, 3.8) is 0 Å². The van der Waals surface area contributed by atoms with Crippen LogP contribution < -0.4 is 10.6 Å². The maximum Gasteiger partial charge on any atom is 0.254 e. The van der Waals surface area contributed by atoms with Crippen molar-refractivity contribution >= 4 is 23.4 Å². The van der Waals surface area contributed by atoms with Crippen LogP contribution in [0.15, 0.2) is 36.7 Å². The SMILES string of the molecule is Cc1cc(NCCNC(=O)C2CCCN(C(=O)c3ccc(F)cc3)C2)n2ncnc2n1. The summed E-state index contributed by atoms with van der Waals surface area (Å²) in [4.78, 5) is 35.3. The van der Waals surface area contributed by atoms with E-state index in [2.05, 4.69) is 25.7 Å². The van der Waals surface area contributed by atoms with Crippen LogP contribution in [0.5, 0.6) is 0 Å². The molecular formula is C21H24FN7O2. The Morgan fingerprint density at radius 2 is 2.03 bits per heavy atom. The van der Waals surface area contributed by atoms with Crippen LogP contribution >= 0.6 is 0 Å². The molecule has 1 aliphatic heterocycles. The Bertz CT molecular complexity index is 1080. The lowest BCUT2D eigenvalue weighted by Gasteiger charge is -2.32. The third-order valence-corrected chi connectivity index (χ3v) is 5.28. The molecule has 0 bridgehead atoms. The third kappa shape index (κ3) is 4.79. The summed E-state index contributed by atoms with van der Waals surface area (Å²) in [5, 5.41) is 10.3. The van der Waals surface area contributed by atoms with Gasteiger partial charge in [0.25, 0.3) is 11.7 Å². The van der Waals surface area contributed by atoms with E-state index in [1.54, 1.807) is 9.42 Å². The summed E-state index contributed by atoms with van der Waals surface area (Å²) >= 11 is 0. The van der Waals surface area contributed by atoms with E-state index >= 15 is 0 Å². The molecule has 1 aliphatic rings. The Balaban J connectivity index is 1.28. The molecule has 1 fully saturated rings. The van der Waals surface area contributed by atoms with Crippen LogP contribution in [0, 0.1) is 18.7 Å². The number of carbonyl (C=O) groups is 2. The molecule has 3 heterocycles. The predicted octanol–water partition coefficient (Wildman–Crippen LogP) is 1.65. The number of hydrogen-bond acceptors (Lipinski definition) is 6. The lowest BCUT2D eigenvalue weighted by molar-refractivity contribution is -0.126. The second-order valence-electron chi connectivity index (χ2n) is 7.57. The predicted molar refractivity (Wildman–Crippen MR) is 112 cm³/mol. The zero-order valence-corrected chi connectivity index (χ0v) is 17.2. The molecule has 4 rings (SSSR count). The molecule has 162 valence electrons. The van der Waals surface area contributed by atoms with Crippen LogP contribution in [-0.4, -0.2) is 62.5 Å². The molecule has 2 N–H and O–H groups in total. The van der Waals surface area contributed by atoms with Crippen LogP contribution in [0.4, 0.5) is 10.2 Å². The van der Waals surface area contributed by atoms with Gasteiger partial charge >= 0.3 is 0 Å². The molecule has 0 saturated carbocycles. The average molecular weight is 425 g/mol. The lowest BCUT2D eigenvalue weighted by atomic mass is 9.96. The van der Waals surface area contributed by atoms with Gasteiger partial charge in [0.05, 0.1) is 5.92 Å². The molecule has 1 saturated heterocycles. The van der Waals surface area contributed by atoms with Crippen LogP contribution in [0.3, 0.4) is 0 Å². The highest BCUT2D eigenvalue weighted by molar-refractivity contribution is 5.94. The van der Waals surface area contributed by atoms with Gasteiger partial charge in [0.15, 0.2) is 0 Å². The van der Waals surface area contributed by atoms with E-state index in [-0.39, 0.29) is 23.5 Å². The Kier molecular flexibility index (Phi) is 6.06. The molecule has 3 aromatic rings. The number of nitrogens with zero attached hydrogens (tertiary/aromatic N) is 5. The lowest BCUT2D eigenvalue weighted by Crippen LogP contribution is -2.46. The molecule has 1 aromatic carbocycles. The Hall–Kier alpha value is -3.56. The number of nitrogens with one attached hydrogen (secondary N) is 2. The fourth-order valence-electron chi connectivity index (χ4n) is 3.73. The van der Waals surface area contributed by atoms with Gasteiger partial charge in [-0.05, 0) is 44.0 Å². The molecule has 1 atom stereocenters. The number of aromatic nitrogens is 4. The zero-order chi connectivity index (χ0) is 21.8. The summed E-state index contributed by atoms with van der Waals surface area (Å²) in [7, 11) is 0. The number of carbonyl (C=O) groups excluding carboxylic acids is 2. The van der Waals surface area contributed by atoms with Gasteiger partial charge in [-0.25, -0.2) is 9.37 Å². The summed E-state index contributed by atoms with van der Waals surface area (Å²) in [5.74, 6) is 0.373. The van der Waals surface area contributed by atoms with Gasteiger partial charge in [-0.15, -0.1) is 0 Å². The number of likely N-dealkylation sites (tertiary alicyclic amines) is 1. The Labute approximate surface area is 178 Å². The number of amides is 2. The molecule has 0 aliphatic carbocycles. The van der Waals surface area contributed by atoms with E-state index in [0.717, 1.165) is 24.4 Å². The smallest absolute Gasteiger partial charge is 0.254 e. The first kappa shape index (κ1) is 20.7. The van der Waals surface area contributed by atoms with Gasteiger partial charge < -0.3 is 15.5 Å². The standard InChI is InChI=1S/C21H24FN7O2/c1-14-11-18(29-21(27-14)25-13-26-29)23-8-9-24-19(30)16-3-2-10-28(12-16)20(31)15-4-6-17(22)7-5-15/h4-7,11,13,16,23H,2-3,8-10,12H2,1H3,(H,24,30). The molecule has 9 nitrogen and oxygen atoms in total. The van der Waals surface area contributed by atoms with Crippen molar-refractivity contribution in [2.75, 3.05) is 31.5 Å². The van der Waals surface area contributed by atoms with Gasteiger partial charge in [-0.2, -0.15) is 14.6 Å². The molecule has 0 spiro atoms. The van der Waals surface area contributed by atoms with Crippen molar-refractivity contribution in [3.05, 3.63) is 53.7 Å². The molecular weight excluding hydrogens is 401 g/mol. The molecule has 0 radical (unpaired) electrons. The van der Waals surface area contributed by atoms with Crippen molar-refractivity contribution in [1.82, 2.24) is 29.8 Å². The number of anilines is 1. The molecule has 31 heavy (non-hydrogen) atoms. The summed E-state index contributed by atoms with van der Waals surface area (Å²) in [5.41, 5.74) is 1.25. The minimum absolute atomic E-state index is 0.0739. The van der Waals surface area contributed by atoms with Crippen LogP contribution in [0.2, 0.25) is 0 Å². The first-order valence-electron chi connectivity index (χ1n) is 10.2. The van der Waals surface area contributed by atoms with E-state index in [0.29, 0.717) is 37.5 Å². The van der Waals surface area contributed by atoms with E-state index in [4.69, 9.17) is 0 Å². The second-order valence-corrected chi connectivity index (χ2v) is 7.57. The summed E-state index contributed by atoms with van der Waals surface area (Å²) in [6.07, 6.45) is 2.93. The van der Waals surface area contributed by atoms with Crippen molar-refractivity contribution in [2.24, 2.45) is 5.92 Å². The highest BCUT2D eigenvalue weighted by atomic mass is 19.1. The minimum Gasteiger partial charge on any atom is -0.368 e. The van der Waals surface area contributed by atoms with Crippen LogP contribution in [-0.2, 0) is 4.79 Å². The monoisotopic (exact) mass is 425 g/mol. The fourth-order valence-corrected chi connectivity index (χ4v) is 3.73. The second kappa shape index (κ2) is 9.07. The molecule has 1 unspecified atom stereocenters. The molecule has 10 heteroatoms. The number of halogens is 1. The Morgan fingerprint density at radius 1 is 1.23 bits per heavy atom. The zero-order valence-electron chi connectivity index (χ0n) is 17.2. The number of rotatable bonds is 6. The summed E-state index contributed by atoms with van der Waals surface area (Å²) < 4.78 is 14.7. The third-order valence-electron chi connectivity index (χ3n) is 5.28. The van der Waals surface area contributed by atoms with Crippen LogP contribution in [0.25, 0.3) is 5.78 Å². The van der Waals surface area contributed by atoms with Crippen molar-refractivity contribution in [2.45, 2.75) is 19.8 Å². The maximum absolute atomic E-state index is 13.1. The van der Waals surface area contributed by atoms with Gasteiger partial charge in [0.2, 0.25) is 5.91 Å². The fraction of sp³-hybridized carbons (Fsp3) is 0.381. The van der Waals surface area contributed by atoms with Gasteiger partial charge in [0.1, 0.15) is 18.0 Å². The van der Waals surface area contributed by atoms with Gasteiger partial charge in [-0.1, -0.05) is 0 Å². The van der Waals surface area contributed by atoms with Crippen molar-refractivity contribution < 1.29 is 14.0 Å². The topological polar surface area (TPSA) is 105 Å². The first-order chi connectivity index (χ1) is 15.0. The van der Waals surface area contributed by atoms with Crippen molar-refractivity contribution in [3.8, 4) is 0 Å². The maximum atomic E-state index is 13.1. The van der Waals surface area contributed by atoms with Crippen LogP contribution in [0.1, 0.15) is 28.9 Å². The Morgan fingerprint density at radius 3 is 2.84 bits per heavy atom. The average Bonchev–Trinajstić information content (AvgIpc) is 3.25. The first-order valence-corrected chi connectivity index (χ1v) is 10.2. The van der Waals surface area contributed by atoms with Gasteiger partial charge in [0, 0.05) is 43.5 Å². The highest BCUT2D eigenvalue weighted by Crippen LogP contribution is 2.19. The van der Waals surface area contributed by atoms with E-state index in [1.165, 1.54) is 30.6 Å². The molecule has 2 amide bonds. The number of benzene rings is 1. The van der Waals surface area contributed by atoms with E-state index in [1.807, 2.05) is 13.0 Å². The quantitative estimate of drug-likeness (QED) is 0.582. The summed E-state index contributed by atoms with van der Waals surface area (Å²) in [6.45, 7) is 3.77. The normalized spacial score (nSPS) is 16.3. The van der Waals surface area contributed by atoms with E-state index in [9.17, 15) is 14.0 Å². The van der Waals surface area contributed by atoms with E-state index < -0.39 is 0 Å². The number of piperidine rings is 1. The number of aryl methyl sites for hydroxylation is 1. The largest absolute Gasteiger partial charge is 0.368 e. The summed E-state index contributed by atoms with van der Waals surface area (Å²) in [6, 6.07) is 7.35. The molecule has 2 aromatic heterocycles. The van der Waals surface area contributed by atoms with Gasteiger partial charge in [-0.3, -0.25) is 9.59 Å². The highest BCUT2D eigenvalue weighted by Gasteiger charge is 2.28. The minimum atomic E-state index is -0.382. The van der Waals surface area contributed by atoms with Crippen molar-refractivity contribution in [1.29, 1.82) is 0 Å². The number of fused-ring (bicyclic) bond motifs is 1. The number of hydrogen-bond donors (Lipinski definition) is 2.